The lowest BCUT2D eigenvalue weighted by molar-refractivity contribution is -0.118. The lowest BCUT2D eigenvalue weighted by atomic mass is 9.89. The van der Waals surface area contributed by atoms with Crippen molar-refractivity contribution >= 4 is 34.6 Å². The number of benzene rings is 3. The molecule has 0 aliphatic carbocycles. The Hall–Kier alpha value is -5.37. The Morgan fingerprint density at radius 2 is 1.63 bits per heavy atom. The first-order valence-corrected chi connectivity index (χ1v) is 14.5. The number of fused-ring (bicyclic) bond motifs is 2. The highest BCUT2D eigenvalue weighted by Gasteiger charge is 2.27. The number of nitrogens with zero attached hydrogens (tertiary/aromatic N) is 2. The van der Waals surface area contributed by atoms with E-state index in [-0.39, 0.29) is 24.3 Å². The lowest BCUT2D eigenvalue weighted by Crippen LogP contribution is -2.37. The molecule has 3 amide bonds. The highest BCUT2D eigenvalue weighted by atomic mass is 16.5. The number of rotatable bonds is 5. The topological polar surface area (TPSA) is 92.2 Å². The van der Waals surface area contributed by atoms with Gasteiger partial charge in [0.1, 0.15) is 5.75 Å². The van der Waals surface area contributed by atoms with Crippen LogP contribution >= 0.6 is 0 Å². The maximum atomic E-state index is 13.7. The van der Waals surface area contributed by atoms with Crippen molar-refractivity contribution in [3.8, 4) is 17.0 Å². The fourth-order valence-corrected chi connectivity index (χ4v) is 6.01. The quantitative estimate of drug-likeness (QED) is 0.263. The largest absolute Gasteiger partial charge is 0.482 e. The molecular weight excluding hydrogens is 540 g/mol. The number of amides is 3. The van der Waals surface area contributed by atoms with E-state index in [1.54, 1.807) is 18.2 Å². The van der Waals surface area contributed by atoms with Crippen molar-refractivity contribution < 1.29 is 19.1 Å². The number of anilines is 2. The van der Waals surface area contributed by atoms with E-state index in [1.165, 1.54) is 5.56 Å². The van der Waals surface area contributed by atoms with Gasteiger partial charge in [-0.05, 0) is 78.4 Å². The minimum atomic E-state index is -0.268. The van der Waals surface area contributed by atoms with Crippen molar-refractivity contribution in [2.75, 3.05) is 30.3 Å². The number of likely N-dealkylation sites (tertiary alicyclic amines) is 1. The summed E-state index contributed by atoms with van der Waals surface area (Å²) in [5, 5.41) is 5.66. The number of hydrogen-bond donors (Lipinski definition) is 2. The highest BCUT2D eigenvalue weighted by molar-refractivity contribution is 6.06. The number of pyridine rings is 1. The van der Waals surface area contributed by atoms with Crippen LogP contribution in [-0.4, -0.2) is 46.7 Å². The minimum absolute atomic E-state index is 0.0274. The van der Waals surface area contributed by atoms with Gasteiger partial charge in [-0.3, -0.25) is 14.4 Å². The van der Waals surface area contributed by atoms with Gasteiger partial charge in [0.15, 0.2) is 6.61 Å². The van der Waals surface area contributed by atoms with E-state index in [9.17, 15) is 14.4 Å². The average molecular weight is 571 g/mol. The van der Waals surface area contributed by atoms with Crippen LogP contribution < -0.4 is 15.4 Å². The summed E-state index contributed by atoms with van der Waals surface area (Å²) < 4.78 is 7.46. The van der Waals surface area contributed by atoms with Crippen molar-refractivity contribution in [1.82, 2.24) is 9.30 Å². The number of aromatic nitrogens is 1. The molecule has 3 aromatic carbocycles. The van der Waals surface area contributed by atoms with Crippen LogP contribution in [-0.2, 0) is 4.79 Å². The Labute approximate surface area is 248 Å². The first kappa shape index (κ1) is 26.5. The van der Waals surface area contributed by atoms with Crippen LogP contribution in [0.4, 0.5) is 11.4 Å². The molecule has 0 unspecified atom stereocenters. The van der Waals surface area contributed by atoms with Crippen LogP contribution in [0.3, 0.4) is 0 Å². The fraction of sp³-hybridized carbons (Fsp3) is 0.171. The molecule has 2 aliphatic heterocycles. The van der Waals surface area contributed by atoms with E-state index in [4.69, 9.17) is 4.74 Å². The molecule has 2 aromatic heterocycles. The first-order chi connectivity index (χ1) is 21.0. The Morgan fingerprint density at radius 1 is 0.860 bits per heavy atom. The van der Waals surface area contributed by atoms with Gasteiger partial charge in [0.25, 0.3) is 17.7 Å². The zero-order valence-corrected chi connectivity index (χ0v) is 23.5. The molecule has 2 aliphatic rings. The van der Waals surface area contributed by atoms with Gasteiger partial charge in [0.05, 0.1) is 22.5 Å². The molecule has 0 spiro atoms. The molecule has 2 N–H and O–H groups in total. The van der Waals surface area contributed by atoms with Crippen LogP contribution in [0.5, 0.6) is 5.75 Å². The van der Waals surface area contributed by atoms with Gasteiger partial charge in [-0.25, -0.2) is 0 Å². The summed E-state index contributed by atoms with van der Waals surface area (Å²) in [5.74, 6) is 0.439. The minimum Gasteiger partial charge on any atom is -0.482 e. The van der Waals surface area contributed by atoms with Crippen molar-refractivity contribution in [2.24, 2.45) is 0 Å². The zero-order valence-electron chi connectivity index (χ0n) is 23.5. The Bertz CT molecular complexity index is 1840. The predicted octanol–water partition coefficient (Wildman–Crippen LogP) is 6.21. The third kappa shape index (κ3) is 5.23. The fourth-order valence-electron chi connectivity index (χ4n) is 6.01. The number of ether oxygens (including phenoxy) is 1. The van der Waals surface area contributed by atoms with E-state index in [0.717, 1.165) is 35.2 Å². The van der Waals surface area contributed by atoms with E-state index < -0.39 is 0 Å². The monoisotopic (exact) mass is 570 g/mol. The van der Waals surface area contributed by atoms with Gasteiger partial charge < -0.3 is 24.7 Å². The van der Waals surface area contributed by atoms with Crippen molar-refractivity contribution in [2.45, 2.75) is 18.8 Å². The summed E-state index contributed by atoms with van der Waals surface area (Å²) in [7, 11) is 0. The molecule has 214 valence electrons. The second-order valence-electron chi connectivity index (χ2n) is 11.0. The molecule has 0 radical (unpaired) electrons. The molecule has 43 heavy (non-hydrogen) atoms. The van der Waals surface area contributed by atoms with Gasteiger partial charge in [0.2, 0.25) is 0 Å². The number of hydrogen-bond acceptors (Lipinski definition) is 4. The molecule has 4 heterocycles. The van der Waals surface area contributed by atoms with Crippen LogP contribution in [0.25, 0.3) is 16.8 Å². The average Bonchev–Trinajstić information content (AvgIpc) is 3.45. The molecule has 8 heteroatoms. The number of piperidine rings is 1. The van der Waals surface area contributed by atoms with Crippen LogP contribution in [0, 0.1) is 0 Å². The summed E-state index contributed by atoms with van der Waals surface area (Å²) in [5.41, 5.74) is 6.53. The normalized spacial score (nSPS) is 15.0. The standard InChI is InChI=1S/C35H30N4O4/c40-33-22-43-32-14-11-26(20-29(32)37-33)34(41)36-27-12-9-23(10-13-27)24-15-18-38(19-16-24)35(42)28-21-31(25-6-2-1-3-7-25)39-17-5-4-8-30(28)39/h1-14,17,20-21,24H,15-16,18-19,22H2,(H,36,41)(H,37,40). The molecular formula is C35H30N4O4. The molecule has 0 bridgehead atoms. The third-order valence-electron chi connectivity index (χ3n) is 8.27. The number of carbonyl (C=O) groups is 3. The summed E-state index contributed by atoms with van der Waals surface area (Å²) in [6.07, 6.45) is 3.75. The van der Waals surface area contributed by atoms with Crippen LogP contribution in [0.2, 0.25) is 0 Å². The molecule has 8 nitrogen and oxygen atoms in total. The number of nitrogens with one attached hydrogen (secondary N) is 2. The first-order valence-electron chi connectivity index (χ1n) is 14.5. The summed E-state index contributed by atoms with van der Waals surface area (Å²) >= 11 is 0. The van der Waals surface area contributed by atoms with E-state index >= 15 is 0 Å². The predicted molar refractivity (Wildman–Crippen MR) is 166 cm³/mol. The summed E-state index contributed by atoms with van der Waals surface area (Å²) in [4.78, 5) is 40.1. The summed E-state index contributed by atoms with van der Waals surface area (Å²) in [6, 6.07) is 31.0. The molecule has 7 rings (SSSR count). The van der Waals surface area contributed by atoms with Gasteiger partial charge in [-0.2, -0.15) is 0 Å². The highest BCUT2D eigenvalue weighted by Crippen LogP contribution is 2.32. The third-order valence-corrected chi connectivity index (χ3v) is 8.27. The molecule has 1 saturated heterocycles. The van der Waals surface area contributed by atoms with E-state index in [2.05, 4.69) is 27.2 Å². The Balaban J connectivity index is 0.996. The number of carbonyl (C=O) groups excluding carboxylic acids is 3. The Kier molecular flexibility index (Phi) is 6.87. The van der Waals surface area contributed by atoms with Gasteiger partial charge in [0, 0.05) is 30.5 Å². The summed E-state index contributed by atoms with van der Waals surface area (Å²) in [6.45, 7) is 1.34. The lowest BCUT2D eigenvalue weighted by Gasteiger charge is -2.32. The van der Waals surface area contributed by atoms with Crippen molar-refractivity contribution in [3.05, 3.63) is 120 Å². The molecule has 1 fully saturated rings. The van der Waals surface area contributed by atoms with Gasteiger partial charge in [-0.15, -0.1) is 0 Å². The smallest absolute Gasteiger partial charge is 0.262 e. The maximum absolute atomic E-state index is 13.7. The van der Waals surface area contributed by atoms with Crippen molar-refractivity contribution in [1.29, 1.82) is 0 Å². The van der Waals surface area contributed by atoms with Crippen LogP contribution in [0.15, 0.2) is 103 Å². The Morgan fingerprint density at radius 3 is 2.42 bits per heavy atom. The van der Waals surface area contributed by atoms with E-state index in [1.807, 2.05) is 77.8 Å². The van der Waals surface area contributed by atoms with Gasteiger partial charge >= 0.3 is 0 Å². The zero-order chi connectivity index (χ0) is 29.3. The second-order valence-corrected chi connectivity index (χ2v) is 11.0. The molecule has 0 atom stereocenters. The van der Waals surface area contributed by atoms with Gasteiger partial charge in [-0.1, -0.05) is 48.5 Å². The molecule has 0 saturated carbocycles. The second kappa shape index (κ2) is 11.1. The van der Waals surface area contributed by atoms with E-state index in [0.29, 0.717) is 41.7 Å². The van der Waals surface area contributed by atoms with Crippen LogP contribution in [0.1, 0.15) is 45.0 Å². The molecule has 5 aromatic rings. The maximum Gasteiger partial charge on any atom is 0.262 e. The van der Waals surface area contributed by atoms with Crippen molar-refractivity contribution in [3.63, 3.8) is 0 Å². The SMILES string of the molecule is O=C1COc2ccc(C(=O)Nc3ccc(C4CCN(C(=O)c5cc(-c6ccccc6)n6ccccc56)CC4)cc3)cc2N1.